The Morgan fingerprint density at radius 2 is 2.19 bits per heavy atom. The SMILES string of the molecule is OCc1cc(Br)ccc1N1CCC(CO)C1. The predicted molar refractivity (Wildman–Crippen MR) is 67.5 cm³/mol. The van der Waals surface area contributed by atoms with Gasteiger partial charge in [0.15, 0.2) is 0 Å². The highest BCUT2D eigenvalue weighted by molar-refractivity contribution is 9.10. The molecule has 0 saturated carbocycles. The summed E-state index contributed by atoms with van der Waals surface area (Å²) in [4.78, 5) is 2.24. The molecular weight excluding hydrogens is 270 g/mol. The number of nitrogens with zero attached hydrogens (tertiary/aromatic N) is 1. The normalized spacial score (nSPS) is 20.4. The van der Waals surface area contributed by atoms with Crippen molar-refractivity contribution in [2.24, 2.45) is 5.92 Å². The highest BCUT2D eigenvalue weighted by atomic mass is 79.9. The van der Waals surface area contributed by atoms with E-state index in [1.807, 2.05) is 18.2 Å². The third kappa shape index (κ3) is 2.39. The number of hydrogen-bond donors (Lipinski definition) is 2. The minimum absolute atomic E-state index is 0.0507. The molecule has 16 heavy (non-hydrogen) atoms. The lowest BCUT2D eigenvalue weighted by molar-refractivity contribution is 0.238. The summed E-state index contributed by atoms with van der Waals surface area (Å²) in [5.41, 5.74) is 2.02. The second kappa shape index (κ2) is 5.17. The van der Waals surface area contributed by atoms with Gasteiger partial charge in [-0.05, 0) is 24.6 Å². The van der Waals surface area contributed by atoms with Gasteiger partial charge in [0.05, 0.1) is 6.61 Å². The van der Waals surface area contributed by atoms with Crippen molar-refractivity contribution in [3.63, 3.8) is 0 Å². The lowest BCUT2D eigenvalue weighted by Gasteiger charge is -2.21. The van der Waals surface area contributed by atoms with Gasteiger partial charge >= 0.3 is 0 Å². The second-order valence-electron chi connectivity index (χ2n) is 4.21. The summed E-state index contributed by atoms with van der Waals surface area (Å²) in [6, 6.07) is 5.96. The summed E-state index contributed by atoms with van der Waals surface area (Å²) in [5, 5.41) is 18.4. The van der Waals surface area contributed by atoms with E-state index in [0.29, 0.717) is 5.92 Å². The van der Waals surface area contributed by atoms with Crippen LogP contribution in [0.15, 0.2) is 22.7 Å². The maximum absolute atomic E-state index is 9.33. The summed E-state index contributed by atoms with van der Waals surface area (Å²) < 4.78 is 0.984. The van der Waals surface area contributed by atoms with Crippen LogP contribution in [0.2, 0.25) is 0 Å². The van der Waals surface area contributed by atoms with Gasteiger partial charge in [-0.15, -0.1) is 0 Å². The molecule has 4 heteroatoms. The smallest absolute Gasteiger partial charge is 0.0702 e. The molecule has 1 aromatic rings. The van der Waals surface area contributed by atoms with Gasteiger partial charge in [0.25, 0.3) is 0 Å². The van der Waals surface area contributed by atoms with Crippen LogP contribution in [0.5, 0.6) is 0 Å². The fraction of sp³-hybridized carbons (Fsp3) is 0.500. The summed E-state index contributed by atoms with van der Waals surface area (Å²) in [7, 11) is 0. The summed E-state index contributed by atoms with van der Waals surface area (Å²) in [6.45, 7) is 2.14. The predicted octanol–water partition coefficient (Wildman–Crippen LogP) is 1.76. The first-order valence-corrected chi connectivity index (χ1v) is 6.29. The number of benzene rings is 1. The Morgan fingerprint density at radius 3 is 2.81 bits per heavy atom. The van der Waals surface area contributed by atoms with Gasteiger partial charge in [0, 0.05) is 41.3 Å². The third-order valence-electron chi connectivity index (χ3n) is 3.10. The van der Waals surface area contributed by atoms with Gasteiger partial charge in [-0.3, -0.25) is 0 Å². The molecule has 1 aromatic carbocycles. The Kier molecular flexibility index (Phi) is 3.84. The maximum Gasteiger partial charge on any atom is 0.0702 e. The average Bonchev–Trinajstić information content (AvgIpc) is 2.77. The standard InChI is InChI=1S/C12H16BrNO2/c13-11-1-2-12(10(5-11)8-16)14-4-3-9(6-14)7-15/h1-2,5,9,15-16H,3-4,6-8H2. The van der Waals surface area contributed by atoms with Crippen molar-refractivity contribution in [1.82, 2.24) is 0 Å². The minimum atomic E-state index is 0.0507. The number of anilines is 1. The summed E-state index contributed by atoms with van der Waals surface area (Å²) >= 11 is 3.40. The van der Waals surface area contributed by atoms with E-state index < -0.39 is 0 Å². The minimum Gasteiger partial charge on any atom is -0.396 e. The van der Waals surface area contributed by atoms with E-state index in [2.05, 4.69) is 20.8 Å². The molecule has 1 heterocycles. The first-order valence-electron chi connectivity index (χ1n) is 5.49. The zero-order valence-corrected chi connectivity index (χ0v) is 10.7. The van der Waals surface area contributed by atoms with Crippen molar-refractivity contribution in [1.29, 1.82) is 0 Å². The molecule has 0 radical (unpaired) electrons. The molecule has 1 aliphatic rings. The van der Waals surface area contributed by atoms with Gasteiger partial charge in [-0.2, -0.15) is 0 Å². The van der Waals surface area contributed by atoms with Crippen LogP contribution in [0, 0.1) is 5.92 Å². The maximum atomic E-state index is 9.33. The van der Waals surface area contributed by atoms with Gasteiger partial charge in [-0.1, -0.05) is 15.9 Å². The van der Waals surface area contributed by atoms with Crippen molar-refractivity contribution in [3.8, 4) is 0 Å². The number of aliphatic hydroxyl groups excluding tert-OH is 2. The van der Waals surface area contributed by atoms with Crippen molar-refractivity contribution in [2.45, 2.75) is 13.0 Å². The van der Waals surface area contributed by atoms with E-state index in [1.54, 1.807) is 0 Å². The quantitative estimate of drug-likeness (QED) is 0.890. The Balaban J connectivity index is 2.20. The first-order chi connectivity index (χ1) is 7.74. The highest BCUT2D eigenvalue weighted by Crippen LogP contribution is 2.29. The fourth-order valence-corrected chi connectivity index (χ4v) is 2.60. The van der Waals surface area contributed by atoms with Crippen molar-refractivity contribution in [2.75, 3.05) is 24.6 Å². The van der Waals surface area contributed by atoms with Crippen LogP contribution in [0.1, 0.15) is 12.0 Å². The molecule has 2 rings (SSSR count). The molecule has 1 aliphatic heterocycles. The molecule has 0 aromatic heterocycles. The van der Waals surface area contributed by atoms with E-state index in [-0.39, 0.29) is 13.2 Å². The van der Waals surface area contributed by atoms with Gasteiger partial charge in [-0.25, -0.2) is 0 Å². The first kappa shape index (κ1) is 11.9. The number of halogens is 1. The van der Waals surface area contributed by atoms with Crippen LogP contribution in [0.25, 0.3) is 0 Å². The Labute approximate surface area is 104 Å². The van der Waals surface area contributed by atoms with Crippen LogP contribution in [0.4, 0.5) is 5.69 Å². The van der Waals surface area contributed by atoms with E-state index in [0.717, 1.165) is 35.2 Å². The molecule has 1 unspecified atom stereocenters. The van der Waals surface area contributed by atoms with Crippen LogP contribution >= 0.6 is 15.9 Å². The molecule has 1 atom stereocenters. The molecule has 1 fully saturated rings. The van der Waals surface area contributed by atoms with E-state index in [4.69, 9.17) is 5.11 Å². The van der Waals surface area contributed by atoms with E-state index >= 15 is 0 Å². The van der Waals surface area contributed by atoms with Crippen LogP contribution in [0.3, 0.4) is 0 Å². The van der Waals surface area contributed by atoms with Gasteiger partial charge in [0.1, 0.15) is 0 Å². The average molecular weight is 286 g/mol. The molecule has 0 amide bonds. The molecule has 88 valence electrons. The lowest BCUT2D eigenvalue weighted by Crippen LogP contribution is -2.21. The Morgan fingerprint density at radius 1 is 1.38 bits per heavy atom. The lowest BCUT2D eigenvalue weighted by atomic mass is 10.1. The van der Waals surface area contributed by atoms with Crippen LogP contribution in [-0.2, 0) is 6.61 Å². The van der Waals surface area contributed by atoms with Crippen LogP contribution in [-0.4, -0.2) is 29.9 Å². The second-order valence-corrected chi connectivity index (χ2v) is 5.13. The molecule has 2 N–H and O–H groups in total. The Bertz CT molecular complexity index is 370. The largest absolute Gasteiger partial charge is 0.396 e. The highest BCUT2D eigenvalue weighted by Gasteiger charge is 2.23. The third-order valence-corrected chi connectivity index (χ3v) is 3.59. The van der Waals surface area contributed by atoms with Gasteiger partial charge < -0.3 is 15.1 Å². The monoisotopic (exact) mass is 285 g/mol. The molecule has 0 aliphatic carbocycles. The van der Waals surface area contributed by atoms with Crippen molar-refractivity contribution >= 4 is 21.6 Å². The number of aliphatic hydroxyl groups is 2. The fourth-order valence-electron chi connectivity index (χ4n) is 2.19. The molecule has 0 spiro atoms. The number of hydrogen-bond acceptors (Lipinski definition) is 3. The molecule has 0 bridgehead atoms. The van der Waals surface area contributed by atoms with E-state index in [1.165, 1.54) is 0 Å². The molecule has 1 saturated heterocycles. The van der Waals surface area contributed by atoms with Crippen LogP contribution < -0.4 is 4.90 Å². The molecular formula is C12H16BrNO2. The van der Waals surface area contributed by atoms with Gasteiger partial charge in [0.2, 0.25) is 0 Å². The topological polar surface area (TPSA) is 43.7 Å². The summed E-state index contributed by atoms with van der Waals surface area (Å²) in [6.07, 6.45) is 1.03. The summed E-state index contributed by atoms with van der Waals surface area (Å²) in [5.74, 6) is 0.371. The van der Waals surface area contributed by atoms with E-state index in [9.17, 15) is 5.11 Å². The van der Waals surface area contributed by atoms with Crippen molar-refractivity contribution < 1.29 is 10.2 Å². The zero-order chi connectivity index (χ0) is 11.5. The zero-order valence-electron chi connectivity index (χ0n) is 9.06. The number of rotatable bonds is 3. The van der Waals surface area contributed by atoms with Crippen molar-refractivity contribution in [3.05, 3.63) is 28.2 Å². The molecule has 3 nitrogen and oxygen atoms in total. The Hall–Kier alpha value is -0.580.